The maximum atomic E-state index is 12.6. The summed E-state index contributed by atoms with van der Waals surface area (Å²) in [6.45, 7) is 9.03. The molecule has 0 saturated carbocycles. The standard InChI is InChI=1S/C21H28N4O5S/c1-21(2,3)23-31(28,29)18-7-8-19(20(14-18)25(26)27)22-17-6-4-5-16(13-17)15-24-9-11-30-12-10-24/h4-8,13-14,22-23H,9-12,15H2,1-3H3. The molecule has 0 atom stereocenters. The van der Waals surface area contributed by atoms with Gasteiger partial charge >= 0.3 is 0 Å². The van der Waals surface area contributed by atoms with E-state index >= 15 is 0 Å². The first kappa shape index (κ1) is 23.1. The first-order valence-electron chi connectivity index (χ1n) is 10.0. The van der Waals surface area contributed by atoms with Gasteiger partial charge < -0.3 is 10.1 Å². The van der Waals surface area contributed by atoms with Gasteiger partial charge in [0.05, 0.1) is 23.0 Å². The molecule has 2 N–H and O–H groups in total. The predicted molar refractivity (Wildman–Crippen MR) is 119 cm³/mol. The summed E-state index contributed by atoms with van der Waals surface area (Å²) in [5.74, 6) is 0. The first-order chi connectivity index (χ1) is 14.5. The molecular weight excluding hydrogens is 420 g/mol. The molecule has 1 heterocycles. The summed E-state index contributed by atoms with van der Waals surface area (Å²) in [6.07, 6.45) is 0. The quantitative estimate of drug-likeness (QED) is 0.494. The van der Waals surface area contributed by atoms with Crippen LogP contribution < -0.4 is 10.0 Å². The lowest BCUT2D eigenvalue weighted by Crippen LogP contribution is -2.40. The molecule has 0 spiro atoms. The predicted octanol–water partition coefficient (Wildman–Crippen LogP) is 3.25. The van der Waals surface area contributed by atoms with Crippen molar-refractivity contribution in [1.82, 2.24) is 9.62 Å². The summed E-state index contributed by atoms with van der Waals surface area (Å²) in [5.41, 5.74) is 0.977. The average molecular weight is 449 g/mol. The smallest absolute Gasteiger partial charge is 0.294 e. The number of morpholine rings is 1. The van der Waals surface area contributed by atoms with E-state index in [0.717, 1.165) is 31.3 Å². The van der Waals surface area contributed by atoms with Crippen LogP contribution in [0.1, 0.15) is 26.3 Å². The molecule has 31 heavy (non-hydrogen) atoms. The van der Waals surface area contributed by atoms with Crippen LogP contribution in [0.5, 0.6) is 0 Å². The van der Waals surface area contributed by atoms with E-state index in [0.29, 0.717) is 18.9 Å². The molecule has 1 fully saturated rings. The Bertz CT molecular complexity index is 1040. The normalized spacial score (nSPS) is 15.6. The lowest BCUT2D eigenvalue weighted by Gasteiger charge is -2.26. The number of nitrogens with zero attached hydrogens (tertiary/aromatic N) is 2. The van der Waals surface area contributed by atoms with Gasteiger partial charge in [-0.1, -0.05) is 12.1 Å². The number of nitrogens with one attached hydrogen (secondary N) is 2. The fraction of sp³-hybridized carbons (Fsp3) is 0.429. The Labute approximate surface area is 182 Å². The maximum absolute atomic E-state index is 12.6. The lowest BCUT2D eigenvalue weighted by molar-refractivity contribution is -0.384. The van der Waals surface area contributed by atoms with Crippen LogP contribution in [0.15, 0.2) is 47.4 Å². The molecule has 1 aliphatic rings. The van der Waals surface area contributed by atoms with Crippen LogP contribution in [-0.4, -0.2) is 50.1 Å². The Balaban J connectivity index is 1.83. The van der Waals surface area contributed by atoms with Crippen LogP contribution in [0, 0.1) is 10.1 Å². The summed E-state index contributed by atoms with van der Waals surface area (Å²) in [7, 11) is -3.88. The maximum Gasteiger partial charge on any atom is 0.294 e. The van der Waals surface area contributed by atoms with Crippen LogP contribution in [0.2, 0.25) is 0 Å². The summed E-state index contributed by atoms with van der Waals surface area (Å²) in [5, 5.41) is 14.7. The molecule has 3 rings (SSSR count). The first-order valence-corrected chi connectivity index (χ1v) is 11.5. The third-order valence-electron chi connectivity index (χ3n) is 4.63. The molecule has 9 nitrogen and oxygen atoms in total. The van der Waals surface area contributed by atoms with Crippen molar-refractivity contribution in [2.45, 2.75) is 37.8 Å². The third kappa shape index (κ3) is 6.47. The Morgan fingerprint density at radius 3 is 2.48 bits per heavy atom. The van der Waals surface area contributed by atoms with E-state index in [2.05, 4.69) is 14.9 Å². The molecule has 0 amide bonds. The molecule has 0 aromatic heterocycles. The molecule has 2 aromatic rings. The van der Waals surface area contributed by atoms with E-state index in [4.69, 9.17) is 4.74 Å². The number of anilines is 2. The van der Waals surface area contributed by atoms with Crippen molar-refractivity contribution in [3.8, 4) is 0 Å². The molecule has 0 radical (unpaired) electrons. The number of hydrogen-bond donors (Lipinski definition) is 2. The molecule has 1 aliphatic heterocycles. The summed E-state index contributed by atoms with van der Waals surface area (Å²) < 4.78 is 33.0. The molecule has 0 aliphatic carbocycles. The summed E-state index contributed by atoms with van der Waals surface area (Å²) in [6, 6.07) is 11.5. The number of nitro benzene ring substituents is 1. The number of ether oxygens (including phenoxy) is 1. The van der Waals surface area contributed by atoms with Gasteiger partial charge in [-0.05, 0) is 50.6 Å². The second-order valence-corrected chi connectivity index (χ2v) is 10.2. The van der Waals surface area contributed by atoms with Crippen LogP contribution in [-0.2, 0) is 21.3 Å². The van der Waals surface area contributed by atoms with Gasteiger partial charge in [0.25, 0.3) is 5.69 Å². The molecule has 0 bridgehead atoms. The van der Waals surface area contributed by atoms with Crippen molar-refractivity contribution in [1.29, 1.82) is 0 Å². The Kier molecular flexibility index (Phi) is 6.95. The molecule has 0 unspecified atom stereocenters. The number of sulfonamides is 1. The zero-order valence-corrected chi connectivity index (χ0v) is 18.7. The van der Waals surface area contributed by atoms with E-state index in [1.54, 1.807) is 20.8 Å². The van der Waals surface area contributed by atoms with Crippen molar-refractivity contribution in [2.75, 3.05) is 31.6 Å². The Hall–Kier alpha value is -2.53. The van der Waals surface area contributed by atoms with Crippen LogP contribution in [0.3, 0.4) is 0 Å². The zero-order chi connectivity index (χ0) is 22.6. The van der Waals surface area contributed by atoms with Gasteiger partial charge in [-0.3, -0.25) is 15.0 Å². The van der Waals surface area contributed by atoms with Crippen molar-refractivity contribution < 1.29 is 18.1 Å². The Morgan fingerprint density at radius 2 is 1.84 bits per heavy atom. The SMILES string of the molecule is CC(C)(C)NS(=O)(=O)c1ccc(Nc2cccc(CN3CCOCC3)c2)c([N+](=O)[O-])c1. The molecule has 1 saturated heterocycles. The van der Waals surface area contributed by atoms with E-state index < -0.39 is 20.5 Å². The minimum absolute atomic E-state index is 0.152. The number of nitro groups is 1. The van der Waals surface area contributed by atoms with Gasteiger partial charge in [-0.2, -0.15) is 0 Å². The number of benzene rings is 2. The molecule has 2 aromatic carbocycles. The monoisotopic (exact) mass is 448 g/mol. The largest absolute Gasteiger partial charge is 0.379 e. The highest BCUT2D eigenvalue weighted by Gasteiger charge is 2.25. The van der Waals surface area contributed by atoms with E-state index in [1.165, 1.54) is 12.1 Å². The zero-order valence-electron chi connectivity index (χ0n) is 17.9. The van der Waals surface area contributed by atoms with Gasteiger partial charge in [0.15, 0.2) is 0 Å². The van der Waals surface area contributed by atoms with E-state index in [9.17, 15) is 18.5 Å². The fourth-order valence-electron chi connectivity index (χ4n) is 3.32. The summed E-state index contributed by atoms with van der Waals surface area (Å²) >= 11 is 0. The van der Waals surface area contributed by atoms with Crippen molar-refractivity contribution >= 4 is 27.1 Å². The Morgan fingerprint density at radius 1 is 1.13 bits per heavy atom. The van der Waals surface area contributed by atoms with Crippen LogP contribution in [0.25, 0.3) is 0 Å². The van der Waals surface area contributed by atoms with Crippen molar-refractivity contribution in [2.24, 2.45) is 0 Å². The molecule has 168 valence electrons. The lowest BCUT2D eigenvalue weighted by atomic mass is 10.1. The van der Waals surface area contributed by atoms with Gasteiger partial charge in [-0.25, -0.2) is 13.1 Å². The molecular formula is C21H28N4O5S. The summed E-state index contributed by atoms with van der Waals surface area (Å²) in [4.78, 5) is 13.2. The van der Waals surface area contributed by atoms with E-state index in [-0.39, 0.29) is 16.3 Å². The average Bonchev–Trinajstić information content (AvgIpc) is 2.67. The minimum atomic E-state index is -3.88. The number of hydrogen-bond acceptors (Lipinski definition) is 7. The highest BCUT2D eigenvalue weighted by atomic mass is 32.2. The van der Waals surface area contributed by atoms with Crippen molar-refractivity contribution in [3.63, 3.8) is 0 Å². The van der Waals surface area contributed by atoms with Gasteiger partial charge in [0, 0.05) is 36.9 Å². The van der Waals surface area contributed by atoms with Crippen molar-refractivity contribution in [3.05, 3.63) is 58.1 Å². The fourth-order valence-corrected chi connectivity index (χ4v) is 4.76. The second-order valence-electron chi connectivity index (χ2n) is 8.51. The highest BCUT2D eigenvalue weighted by Crippen LogP contribution is 2.31. The topological polar surface area (TPSA) is 114 Å². The minimum Gasteiger partial charge on any atom is -0.379 e. The third-order valence-corrected chi connectivity index (χ3v) is 6.39. The molecule has 10 heteroatoms. The highest BCUT2D eigenvalue weighted by molar-refractivity contribution is 7.89. The second kappa shape index (κ2) is 9.31. The van der Waals surface area contributed by atoms with Crippen LogP contribution in [0.4, 0.5) is 17.1 Å². The van der Waals surface area contributed by atoms with Gasteiger partial charge in [0.2, 0.25) is 10.0 Å². The van der Waals surface area contributed by atoms with Gasteiger partial charge in [-0.15, -0.1) is 0 Å². The van der Waals surface area contributed by atoms with E-state index in [1.807, 2.05) is 24.3 Å². The van der Waals surface area contributed by atoms with Crippen LogP contribution >= 0.6 is 0 Å². The van der Waals surface area contributed by atoms with Gasteiger partial charge in [0.1, 0.15) is 5.69 Å². The number of rotatable bonds is 7.